The Kier molecular flexibility index (Phi) is 5.24. The molecular weight excluding hydrogens is 294 g/mol. The molecule has 0 atom stereocenters. The molecule has 1 aromatic carbocycles. The quantitative estimate of drug-likeness (QED) is 0.918. The van der Waals surface area contributed by atoms with Crippen molar-refractivity contribution in [3.8, 4) is 0 Å². The lowest BCUT2D eigenvalue weighted by molar-refractivity contribution is 0.332. The van der Waals surface area contributed by atoms with Crippen LogP contribution in [0.3, 0.4) is 0 Å². The van der Waals surface area contributed by atoms with Crippen LogP contribution in [0.5, 0.6) is 0 Å². The molecule has 0 aromatic heterocycles. The zero-order valence-electron chi connectivity index (χ0n) is 11.5. The highest BCUT2D eigenvalue weighted by atomic mass is 35.5. The molecule has 1 aliphatic rings. The third-order valence-electron chi connectivity index (χ3n) is 3.66. The Bertz CT molecular complexity index is 558. The molecule has 5 heteroatoms. The van der Waals surface area contributed by atoms with Gasteiger partial charge in [0, 0.05) is 16.5 Å². The first-order valence-electron chi connectivity index (χ1n) is 6.90. The molecule has 1 N–H and O–H groups in total. The van der Waals surface area contributed by atoms with Crippen LogP contribution in [0.15, 0.2) is 29.7 Å². The van der Waals surface area contributed by atoms with Crippen molar-refractivity contribution in [1.29, 1.82) is 0 Å². The Labute approximate surface area is 126 Å². The van der Waals surface area contributed by atoms with Gasteiger partial charge >= 0.3 is 0 Å². The van der Waals surface area contributed by atoms with E-state index in [-0.39, 0.29) is 6.04 Å². The molecular formula is C15H20ClNO2S. The van der Waals surface area contributed by atoms with Crippen molar-refractivity contribution in [3.05, 3.63) is 40.3 Å². The van der Waals surface area contributed by atoms with Crippen molar-refractivity contribution in [2.75, 3.05) is 0 Å². The highest BCUT2D eigenvalue weighted by molar-refractivity contribution is 7.92. The zero-order valence-corrected chi connectivity index (χ0v) is 13.1. The lowest BCUT2D eigenvalue weighted by Gasteiger charge is -2.26. The minimum atomic E-state index is -3.37. The van der Waals surface area contributed by atoms with E-state index in [2.05, 4.69) is 11.6 Å². The number of hydrogen-bond acceptors (Lipinski definition) is 2. The predicted octanol–water partition coefficient (Wildman–Crippen LogP) is 3.81. The molecule has 110 valence electrons. The number of hydrogen-bond donors (Lipinski definition) is 1. The van der Waals surface area contributed by atoms with Gasteiger partial charge in [-0.3, -0.25) is 0 Å². The lowest BCUT2D eigenvalue weighted by atomic mass is 9.88. The van der Waals surface area contributed by atoms with E-state index in [1.54, 1.807) is 30.3 Å². The highest BCUT2D eigenvalue weighted by Gasteiger charge is 2.21. The van der Waals surface area contributed by atoms with E-state index >= 15 is 0 Å². The van der Waals surface area contributed by atoms with Gasteiger partial charge in [-0.25, -0.2) is 13.1 Å². The summed E-state index contributed by atoms with van der Waals surface area (Å²) in [5.74, 6) is 0.709. The number of sulfonamides is 1. The maximum Gasteiger partial charge on any atom is 0.233 e. The maximum atomic E-state index is 12.0. The topological polar surface area (TPSA) is 46.2 Å². The van der Waals surface area contributed by atoms with Crippen molar-refractivity contribution < 1.29 is 8.42 Å². The van der Waals surface area contributed by atoms with Gasteiger partial charge in [-0.2, -0.15) is 0 Å². The van der Waals surface area contributed by atoms with Gasteiger partial charge in [-0.1, -0.05) is 30.7 Å². The Hall–Kier alpha value is -0.840. The maximum absolute atomic E-state index is 12.0. The summed E-state index contributed by atoms with van der Waals surface area (Å²) in [7, 11) is -3.37. The SMILES string of the molecule is CC1CCC(NS(=O)(=O)/C=C/c2ccc(Cl)cc2)CC1. The van der Waals surface area contributed by atoms with Crippen molar-refractivity contribution in [2.45, 2.75) is 38.6 Å². The molecule has 0 aliphatic heterocycles. The van der Waals surface area contributed by atoms with Crippen molar-refractivity contribution in [1.82, 2.24) is 4.72 Å². The number of nitrogens with one attached hydrogen (secondary N) is 1. The fraction of sp³-hybridized carbons (Fsp3) is 0.467. The third kappa shape index (κ3) is 4.93. The molecule has 0 saturated heterocycles. The molecule has 1 saturated carbocycles. The van der Waals surface area contributed by atoms with E-state index in [1.807, 2.05) is 0 Å². The van der Waals surface area contributed by atoms with Crippen molar-refractivity contribution >= 4 is 27.7 Å². The van der Waals surface area contributed by atoms with Gasteiger partial charge < -0.3 is 0 Å². The summed E-state index contributed by atoms with van der Waals surface area (Å²) in [6, 6.07) is 7.13. The summed E-state index contributed by atoms with van der Waals surface area (Å²) in [5, 5.41) is 1.87. The van der Waals surface area contributed by atoms with Crippen LogP contribution in [0.1, 0.15) is 38.2 Å². The van der Waals surface area contributed by atoms with Crippen LogP contribution in [-0.4, -0.2) is 14.5 Å². The Morgan fingerprint density at radius 3 is 2.35 bits per heavy atom. The highest BCUT2D eigenvalue weighted by Crippen LogP contribution is 2.24. The van der Waals surface area contributed by atoms with Crippen LogP contribution in [0, 0.1) is 5.92 Å². The summed E-state index contributed by atoms with van der Waals surface area (Å²) in [6.07, 6.45) is 5.62. The normalized spacial score (nSPS) is 24.1. The van der Waals surface area contributed by atoms with Crippen LogP contribution < -0.4 is 4.72 Å². The van der Waals surface area contributed by atoms with E-state index in [9.17, 15) is 8.42 Å². The van der Waals surface area contributed by atoms with Gasteiger partial charge in [0.15, 0.2) is 0 Å². The van der Waals surface area contributed by atoms with E-state index in [4.69, 9.17) is 11.6 Å². The zero-order chi connectivity index (χ0) is 14.6. The van der Waals surface area contributed by atoms with Gasteiger partial charge in [0.05, 0.1) is 0 Å². The summed E-state index contributed by atoms with van der Waals surface area (Å²) in [4.78, 5) is 0. The molecule has 0 amide bonds. The number of rotatable bonds is 4. The van der Waals surface area contributed by atoms with Crippen LogP contribution in [0.2, 0.25) is 5.02 Å². The molecule has 0 heterocycles. The molecule has 1 aromatic rings. The molecule has 2 rings (SSSR count). The fourth-order valence-corrected chi connectivity index (χ4v) is 3.63. The Balaban J connectivity index is 1.95. The van der Waals surface area contributed by atoms with Gasteiger partial charge in [0.25, 0.3) is 0 Å². The van der Waals surface area contributed by atoms with Gasteiger partial charge in [-0.15, -0.1) is 0 Å². The second kappa shape index (κ2) is 6.74. The Morgan fingerprint density at radius 2 is 1.75 bits per heavy atom. The minimum Gasteiger partial charge on any atom is -0.209 e. The molecule has 0 spiro atoms. The second-order valence-electron chi connectivity index (χ2n) is 5.47. The molecule has 1 aliphatic carbocycles. The number of halogens is 1. The Morgan fingerprint density at radius 1 is 1.15 bits per heavy atom. The van der Waals surface area contributed by atoms with Crippen LogP contribution in [0.25, 0.3) is 6.08 Å². The summed E-state index contributed by atoms with van der Waals surface area (Å²) < 4.78 is 26.7. The molecule has 0 bridgehead atoms. The van der Waals surface area contributed by atoms with E-state index < -0.39 is 10.0 Å². The van der Waals surface area contributed by atoms with Gasteiger partial charge in [0.2, 0.25) is 10.0 Å². The molecule has 0 unspecified atom stereocenters. The van der Waals surface area contributed by atoms with E-state index in [0.29, 0.717) is 10.9 Å². The first-order valence-corrected chi connectivity index (χ1v) is 8.83. The van der Waals surface area contributed by atoms with Crippen molar-refractivity contribution in [3.63, 3.8) is 0 Å². The molecule has 0 radical (unpaired) electrons. The average molecular weight is 314 g/mol. The smallest absolute Gasteiger partial charge is 0.209 e. The van der Waals surface area contributed by atoms with Crippen LogP contribution in [-0.2, 0) is 10.0 Å². The molecule has 3 nitrogen and oxygen atoms in total. The third-order valence-corrected chi connectivity index (χ3v) is 5.06. The monoisotopic (exact) mass is 313 g/mol. The largest absolute Gasteiger partial charge is 0.233 e. The molecule has 20 heavy (non-hydrogen) atoms. The average Bonchev–Trinajstić information content (AvgIpc) is 2.41. The van der Waals surface area contributed by atoms with E-state index in [1.165, 1.54) is 5.41 Å². The second-order valence-corrected chi connectivity index (χ2v) is 7.51. The van der Waals surface area contributed by atoms with Crippen LogP contribution >= 0.6 is 11.6 Å². The summed E-state index contributed by atoms with van der Waals surface area (Å²) in [6.45, 7) is 2.21. The van der Waals surface area contributed by atoms with Gasteiger partial charge in [-0.05, 0) is 55.4 Å². The van der Waals surface area contributed by atoms with Crippen molar-refractivity contribution in [2.24, 2.45) is 5.92 Å². The summed E-state index contributed by atoms with van der Waals surface area (Å²) in [5.41, 5.74) is 0.817. The lowest BCUT2D eigenvalue weighted by Crippen LogP contribution is -2.36. The van der Waals surface area contributed by atoms with E-state index in [0.717, 1.165) is 31.2 Å². The van der Waals surface area contributed by atoms with Crippen LogP contribution in [0.4, 0.5) is 0 Å². The molecule has 1 fully saturated rings. The fourth-order valence-electron chi connectivity index (χ4n) is 2.39. The number of benzene rings is 1. The first kappa shape index (κ1) is 15.5. The predicted molar refractivity (Wildman–Crippen MR) is 84.0 cm³/mol. The standard InChI is InChI=1S/C15H20ClNO2S/c1-12-2-8-15(9-3-12)17-20(18,19)11-10-13-4-6-14(16)7-5-13/h4-7,10-12,15,17H,2-3,8-9H2,1H3/b11-10+. The minimum absolute atomic E-state index is 0.0751. The summed E-state index contributed by atoms with van der Waals surface area (Å²) >= 11 is 5.79. The van der Waals surface area contributed by atoms with Gasteiger partial charge in [0.1, 0.15) is 0 Å². The first-order chi connectivity index (χ1) is 9.44.